The summed E-state index contributed by atoms with van der Waals surface area (Å²) in [6, 6.07) is 13.0. The van der Waals surface area contributed by atoms with Crippen molar-refractivity contribution in [1.82, 2.24) is 0 Å². The minimum atomic E-state index is -3.78. The van der Waals surface area contributed by atoms with Crippen molar-refractivity contribution >= 4 is 37.1 Å². The fourth-order valence-electron chi connectivity index (χ4n) is 3.94. The van der Waals surface area contributed by atoms with E-state index in [4.69, 9.17) is 5.26 Å². The van der Waals surface area contributed by atoms with Gasteiger partial charge in [0.25, 0.3) is 10.0 Å². The van der Waals surface area contributed by atoms with Gasteiger partial charge in [-0.3, -0.25) is 9.10 Å². The van der Waals surface area contributed by atoms with E-state index in [0.717, 1.165) is 40.8 Å². The Morgan fingerprint density at radius 1 is 1.20 bits per heavy atom. The summed E-state index contributed by atoms with van der Waals surface area (Å²) in [4.78, 5) is 14.2. The molecule has 1 atom stereocenters. The van der Waals surface area contributed by atoms with Gasteiger partial charge in [-0.25, -0.2) is 8.42 Å². The molecule has 7 heteroatoms. The maximum absolute atomic E-state index is 13.0. The molecule has 0 saturated carbocycles. The van der Waals surface area contributed by atoms with E-state index < -0.39 is 10.0 Å². The zero-order chi connectivity index (χ0) is 21.5. The molecule has 0 bridgehead atoms. The first-order chi connectivity index (χ1) is 14.3. The summed E-state index contributed by atoms with van der Waals surface area (Å²) in [5.74, 6) is 0.605. The predicted octanol–water partition coefficient (Wildman–Crippen LogP) is 4.47. The molecular formula is C23H22N2O3S2. The number of fused-ring (bicyclic) bond motifs is 2. The average Bonchev–Trinajstić information content (AvgIpc) is 2.77. The van der Waals surface area contributed by atoms with Crippen molar-refractivity contribution in [3.63, 3.8) is 0 Å². The van der Waals surface area contributed by atoms with Gasteiger partial charge in [-0.1, -0.05) is 13.3 Å². The van der Waals surface area contributed by atoms with E-state index in [1.807, 2.05) is 6.07 Å². The lowest BCUT2D eigenvalue weighted by Gasteiger charge is -2.23. The Bertz CT molecular complexity index is 1320. The van der Waals surface area contributed by atoms with Crippen LogP contribution in [0.4, 0.5) is 5.69 Å². The zero-order valence-corrected chi connectivity index (χ0v) is 18.5. The van der Waals surface area contributed by atoms with E-state index in [1.165, 1.54) is 35.6 Å². The molecule has 0 spiro atoms. The van der Waals surface area contributed by atoms with E-state index in [2.05, 4.69) is 6.92 Å². The largest absolute Gasteiger partial charge is 0.289 e. The van der Waals surface area contributed by atoms with Crippen LogP contribution in [0, 0.1) is 17.2 Å². The molecule has 4 rings (SSSR count). The van der Waals surface area contributed by atoms with Crippen molar-refractivity contribution in [2.75, 3.05) is 11.4 Å². The number of hydrogen-bond donors (Lipinski definition) is 0. The van der Waals surface area contributed by atoms with Crippen molar-refractivity contribution < 1.29 is 8.42 Å². The highest BCUT2D eigenvalue weighted by atomic mass is 32.2. The highest BCUT2D eigenvalue weighted by Gasteiger charge is 2.24. The number of nitrogens with zero attached hydrogens (tertiary/aromatic N) is 2. The minimum absolute atomic E-state index is 0.0810. The topological polar surface area (TPSA) is 78.2 Å². The molecule has 0 saturated heterocycles. The van der Waals surface area contributed by atoms with Gasteiger partial charge in [-0.15, -0.1) is 11.3 Å². The SMILES string of the molecule is CCC1CCc2c(sc3cc(N(C)S(=O)(=O)c4ccc(C#N)cc4)ccc3c2=O)C1. The van der Waals surface area contributed by atoms with Crippen LogP contribution in [-0.4, -0.2) is 15.5 Å². The second-order valence-electron chi connectivity index (χ2n) is 7.64. The molecular weight excluding hydrogens is 416 g/mol. The first kappa shape index (κ1) is 20.6. The lowest BCUT2D eigenvalue weighted by atomic mass is 9.87. The monoisotopic (exact) mass is 438 g/mol. The summed E-state index contributed by atoms with van der Waals surface area (Å²) >= 11 is 1.61. The third-order valence-corrected chi connectivity index (χ3v) is 8.93. The average molecular weight is 439 g/mol. The molecule has 0 N–H and O–H groups in total. The maximum atomic E-state index is 13.0. The quantitative estimate of drug-likeness (QED) is 0.602. The Kier molecular flexibility index (Phi) is 5.39. The van der Waals surface area contributed by atoms with Crippen LogP contribution in [0.3, 0.4) is 0 Å². The summed E-state index contributed by atoms with van der Waals surface area (Å²) < 4.78 is 28.1. The Labute approximate surface area is 180 Å². The van der Waals surface area contributed by atoms with E-state index in [1.54, 1.807) is 29.5 Å². The Morgan fingerprint density at radius 3 is 2.60 bits per heavy atom. The molecule has 1 heterocycles. The molecule has 3 aromatic rings. The molecule has 0 amide bonds. The molecule has 0 fully saturated rings. The summed E-state index contributed by atoms with van der Waals surface area (Å²) in [5.41, 5.74) is 1.92. The standard InChI is InChI=1S/C23H22N2O3S2/c1-3-15-6-10-19-21(12-15)29-22-13-17(7-11-20(22)23(19)26)25(2)30(27,28)18-8-4-16(14-24)5-9-18/h4-5,7-9,11,13,15H,3,6,10,12H2,1-2H3. The highest BCUT2D eigenvalue weighted by Crippen LogP contribution is 2.34. The Morgan fingerprint density at radius 2 is 1.93 bits per heavy atom. The van der Waals surface area contributed by atoms with Crippen LogP contribution in [0.1, 0.15) is 35.8 Å². The van der Waals surface area contributed by atoms with Crippen LogP contribution in [0.25, 0.3) is 10.1 Å². The van der Waals surface area contributed by atoms with Gasteiger partial charge in [0.15, 0.2) is 5.43 Å². The van der Waals surface area contributed by atoms with E-state index in [9.17, 15) is 13.2 Å². The number of rotatable bonds is 4. The van der Waals surface area contributed by atoms with Gasteiger partial charge in [0.1, 0.15) is 0 Å². The zero-order valence-electron chi connectivity index (χ0n) is 16.9. The Balaban J connectivity index is 1.75. The van der Waals surface area contributed by atoms with Crippen molar-refractivity contribution in [1.29, 1.82) is 5.26 Å². The number of hydrogen-bond acceptors (Lipinski definition) is 5. The minimum Gasteiger partial charge on any atom is -0.289 e. The lowest BCUT2D eigenvalue weighted by Crippen LogP contribution is -2.26. The van der Waals surface area contributed by atoms with Gasteiger partial charge in [0.2, 0.25) is 0 Å². The van der Waals surface area contributed by atoms with Crippen molar-refractivity contribution in [2.45, 2.75) is 37.5 Å². The van der Waals surface area contributed by atoms with E-state index >= 15 is 0 Å². The van der Waals surface area contributed by atoms with Crippen LogP contribution in [0.5, 0.6) is 0 Å². The molecule has 0 radical (unpaired) electrons. The first-order valence-corrected chi connectivity index (χ1v) is 12.2. The van der Waals surface area contributed by atoms with Crippen LogP contribution in [0.15, 0.2) is 52.2 Å². The molecule has 1 aliphatic carbocycles. The van der Waals surface area contributed by atoms with Crippen molar-refractivity contribution in [3.8, 4) is 6.07 Å². The second kappa shape index (κ2) is 7.86. The molecule has 1 aliphatic rings. The molecule has 154 valence electrons. The van der Waals surface area contributed by atoms with Gasteiger partial charge in [0.05, 0.1) is 22.2 Å². The van der Waals surface area contributed by atoms with Crippen LogP contribution in [-0.2, 0) is 22.9 Å². The van der Waals surface area contributed by atoms with Crippen molar-refractivity contribution in [2.24, 2.45) is 5.92 Å². The van der Waals surface area contributed by atoms with Crippen LogP contribution < -0.4 is 9.73 Å². The number of sulfonamides is 1. The second-order valence-corrected chi connectivity index (χ2v) is 10.7. The molecule has 1 aromatic heterocycles. The molecule has 0 aliphatic heterocycles. The molecule has 30 heavy (non-hydrogen) atoms. The predicted molar refractivity (Wildman–Crippen MR) is 121 cm³/mol. The van der Waals surface area contributed by atoms with Gasteiger partial charge in [-0.2, -0.15) is 5.26 Å². The normalized spacial score (nSPS) is 16.1. The van der Waals surface area contributed by atoms with Crippen LogP contribution in [0.2, 0.25) is 0 Å². The summed E-state index contributed by atoms with van der Waals surface area (Å²) in [7, 11) is -2.27. The molecule has 1 unspecified atom stereocenters. The summed E-state index contributed by atoms with van der Waals surface area (Å²) in [5, 5.41) is 9.58. The third kappa shape index (κ3) is 3.51. The Hall–Kier alpha value is -2.69. The smallest absolute Gasteiger partial charge is 0.264 e. The number of anilines is 1. The van der Waals surface area contributed by atoms with Gasteiger partial charge in [0, 0.05) is 27.6 Å². The van der Waals surface area contributed by atoms with Crippen molar-refractivity contribution in [3.05, 3.63) is 68.7 Å². The highest BCUT2D eigenvalue weighted by molar-refractivity contribution is 7.92. The lowest BCUT2D eigenvalue weighted by molar-refractivity contribution is 0.448. The van der Waals surface area contributed by atoms with Gasteiger partial charge in [-0.05, 0) is 67.6 Å². The number of benzene rings is 2. The molecule has 5 nitrogen and oxygen atoms in total. The fraction of sp³-hybridized carbons (Fsp3) is 0.304. The maximum Gasteiger partial charge on any atom is 0.264 e. The third-order valence-electron chi connectivity index (χ3n) is 5.91. The fourth-order valence-corrected chi connectivity index (χ4v) is 6.48. The summed E-state index contributed by atoms with van der Waals surface area (Å²) in [6.45, 7) is 2.18. The number of nitriles is 1. The van der Waals surface area contributed by atoms with E-state index in [-0.39, 0.29) is 10.3 Å². The first-order valence-electron chi connectivity index (χ1n) is 9.93. The molecule has 2 aromatic carbocycles. The van der Waals surface area contributed by atoms with Gasteiger partial charge < -0.3 is 0 Å². The van der Waals surface area contributed by atoms with Gasteiger partial charge >= 0.3 is 0 Å². The summed E-state index contributed by atoms with van der Waals surface area (Å²) in [6.07, 6.45) is 3.91. The van der Waals surface area contributed by atoms with Crippen LogP contribution >= 0.6 is 11.3 Å². The van der Waals surface area contributed by atoms with E-state index in [0.29, 0.717) is 22.6 Å².